The molecule has 0 radical (unpaired) electrons. The van der Waals surface area contributed by atoms with E-state index >= 15 is 0 Å². The monoisotopic (exact) mass is 464 g/mol. The third-order valence-electron chi connectivity index (χ3n) is 5.43. The van der Waals surface area contributed by atoms with Gasteiger partial charge in [-0.15, -0.1) is 0 Å². The first kappa shape index (κ1) is 22.5. The van der Waals surface area contributed by atoms with E-state index in [4.69, 9.17) is 14.0 Å². The summed E-state index contributed by atoms with van der Waals surface area (Å²) in [7, 11) is -3.68. The normalized spacial score (nSPS) is 17.4. The number of hydrogen-bond acceptors (Lipinski definition) is 8. The average molecular weight is 465 g/mol. The van der Waals surface area contributed by atoms with Gasteiger partial charge in [0.25, 0.3) is 0 Å². The van der Waals surface area contributed by atoms with Crippen molar-refractivity contribution < 1.29 is 27.2 Å². The Labute approximate surface area is 187 Å². The Hall–Kier alpha value is -2.66. The van der Waals surface area contributed by atoms with Gasteiger partial charge in [0.05, 0.1) is 4.90 Å². The molecule has 2 aromatic rings. The maximum absolute atomic E-state index is 13.0. The number of carbonyl (C=O) groups excluding carboxylic acids is 1. The van der Waals surface area contributed by atoms with E-state index in [-0.39, 0.29) is 35.7 Å². The number of aryl methyl sites for hydroxylation is 1. The Kier molecular flexibility index (Phi) is 6.13. The van der Waals surface area contributed by atoms with Gasteiger partial charge >= 0.3 is 0 Å². The maximum atomic E-state index is 13.0. The molecule has 10 nitrogen and oxygen atoms in total. The van der Waals surface area contributed by atoms with Crippen LogP contribution < -0.4 is 9.47 Å². The third kappa shape index (κ3) is 4.73. The molecule has 0 bridgehead atoms. The van der Waals surface area contributed by atoms with E-state index in [1.165, 1.54) is 16.4 Å². The molecule has 32 heavy (non-hydrogen) atoms. The first-order valence-corrected chi connectivity index (χ1v) is 12.1. The zero-order valence-electron chi connectivity index (χ0n) is 18.5. The molecule has 1 aromatic heterocycles. The molecule has 0 saturated carbocycles. The molecule has 11 heteroatoms. The molecule has 2 aliphatic heterocycles. The first-order valence-electron chi connectivity index (χ1n) is 10.7. The lowest BCUT2D eigenvalue weighted by Gasteiger charge is -2.34. The van der Waals surface area contributed by atoms with Gasteiger partial charge < -0.3 is 18.9 Å². The number of ether oxygens (including phenoxy) is 2. The summed E-state index contributed by atoms with van der Waals surface area (Å²) in [6.45, 7) is 7.94. The molecule has 0 aliphatic carbocycles. The number of aromatic nitrogens is 2. The lowest BCUT2D eigenvalue weighted by molar-refractivity contribution is -0.132. The molecule has 3 heterocycles. The van der Waals surface area contributed by atoms with E-state index in [0.29, 0.717) is 55.9 Å². The summed E-state index contributed by atoms with van der Waals surface area (Å²) in [5.41, 5.74) is -0.217. The van der Waals surface area contributed by atoms with Crippen LogP contribution in [0, 0.1) is 0 Å². The lowest BCUT2D eigenvalue weighted by Crippen LogP contribution is -2.50. The number of sulfonamides is 1. The molecule has 2 aliphatic rings. The van der Waals surface area contributed by atoms with E-state index in [1.54, 1.807) is 11.0 Å². The number of carbonyl (C=O) groups is 1. The highest BCUT2D eigenvalue weighted by Crippen LogP contribution is 2.33. The summed E-state index contributed by atoms with van der Waals surface area (Å²) in [5.74, 6) is 1.96. The van der Waals surface area contributed by atoms with E-state index in [2.05, 4.69) is 10.1 Å². The largest absolute Gasteiger partial charge is 0.486 e. The minimum Gasteiger partial charge on any atom is -0.486 e. The molecule has 0 N–H and O–H groups in total. The van der Waals surface area contributed by atoms with Gasteiger partial charge in [-0.1, -0.05) is 25.9 Å². The van der Waals surface area contributed by atoms with Crippen molar-refractivity contribution in [2.75, 3.05) is 39.4 Å². The van der Waals surface area contributed by atoms with Gasteiger partial charge in [0.15, 0.2) is 17.3 Å². The second-order valence-corrected chi connectivity index (χ2v) is 10.8. The summed E-state index contributed by atoms with van der Waals surface area (Å²) in [6.07, 6.45) is 0.596. The Morgan fingerprint density at radius 3 is 2.41 bits per heavy atom. The van der Waals surface area contributed by atoms with Crippen molar-refractivity contribution in [2.45, 2.75) is 43.9 Å². The van der Waals surface area contributed by atoms with Crippen molar-refractivity contribution in [1.29, 1.82) is 0 Å². The van der Waals surface area contributed by atoms with E-state index in [9.17, 15) is 13.2 Å². The fraction of sp³-hybridized carbons (Fsp3) is 0.571. The van der Waals surface area contributed by atoms with Gasteiger partial charge in [0.1, 0.15) is 13.2 Å². The zero-order valence-corrected chi connectivity index (χ0v) is 19.4. The topological polar surface area (TPSA) is 115 Å². The van der Waals surface area contributed by atoms with Crippen LogP contribution in [0.3, 0.4) is 0 Å². The summed E-state index contributed by atoms with van der Waals surface area (Å²) in [5, 5.41) is 3.97. The summed E-state index contributed by atoms with van der Waals surface area (Å²) < 4.78 is 43.7. The summed E-state index contributed by atoms with van der Waals surface area (Å²) >= 11 is 0. The predicted molar refractivity (Wildman–Crippen MR) is 114 cm³/mol. The van der Waals surface area contributed by atoms with Crippen LogP contribution in [0.25, 0.3) is 0 Å². The highest BCUT2D eigenvalue weighted by molar-refractivity contribution is 7.89. The van der Waals surface area contributed by atoms with Crippen LogP contribution in [-0.2, 0) is 26.7 Å². The average Bonchev–Trinajstić information content (AvgIpc) is 3.27. The Morgan fingerprint density at radius 2 is 1.75 bits per heavy atom. The van der Waals surface area contributed by atoms with Crippen molar-refractivity contribution in [3.05, 3.63) is 29.9 Å². The van der Waals surface area contributed by atoms with Crippen LogP contribution >= 0.6 is 0 Å². The van der Waals surface area contributed by atoms with Gasteiger partial charge in [-0.2, -0.15) is 9.29 Å². The highest BCUT2D eigenvalue weighted by atomic mass is 32.2. The SMILES string of the molecule is CC(C)(C)c1noc(CCC(=O)N2CCN(S(=O)(=O)c3ccc4c(c3)OCCO4)CC2)n1. The molecule has 0 unspecified atom stereocenters. The number of nitrogens with zero attached hydrogens (tertiary/aromatic N) is 4. The summed E-state index contributed by atoms with van der Waals surface area (Å²) in [6, 6.07) is 4.64. The number of benzene rings is 1. The van der Waals surface area contributed by atoms with Crippen LogP contribution in [0.5, 0.6) is 11.5 Å². The quantitative estimate of drug-likeness (QED) is 0.655. The smallest absolute Gasteiger partial charge is 0.243 e. The molecule has 1 saturated heterocycles. The Balaban J connectivity index is 1.32. The van der Waals surface area contributed by atoms with Crippen LogP contribution in [0.4, 0.5) is 0 Å². The van der Waals surface area contributed by atoms with Crippen LogP contribution in [0.2, 0.25) is 0 Å². The van der Waals surface area contributed by atoms with Crippen LogP contribution in [0.1, 0.15) is 38.9 Å². The Bertz CT molecular complexity index is 1080. The number of fused-ring (bicyclic) bond motifs is 1. The molecule has 0 spiro atoms. The molecule has 174 valence electrons. The lowest BCUT2D eigenvalue weighted by atomic mass is 9.96. The van der Waals surface area contributed by atoms with Crippen LogP contribution in [0.15, 0.2) is 27.6 Å². The van der Waals surface area contributed by atoms with Crippen molar-refractivity contribution in [2.24, 2.45) is 0 Å². The molecule has 1 fully saturated rings. The second kappa shape index (κ2) is 8.70. The van der Waals surface area contributed by atoms with Crippen molar-refractivity contribution in [1.82, 2.24) is 19.3 Å². The second-order valence-electron chi connectivity index (χ2n) is 8.85. The third-order valence-corrected chi connectivity index (χ3v) is 7.33. The number of rotatable bonds is 5. The van der Waals surface area contributed by atoms with Gasteiger partial charge in [-0.25, -0.2) is 8.42 Å². The van der Waals surface area contributed by atoms with E-state index in [0.717, 1.165) is 0 Å². The molecular weight excluding hydrogens is 436 g/mol. The molecule has 1 aromatic carbocycles. The predicted octanol–water partition coefficient (Wildman–Crippen LogP) is 1.60. The molecule has 0 atom stereocenters. The minimum atomic E-state index is -3.68. The highest BCUT2D eigenvalue weighted by Gasteiger charge is 2.31. The number of hydrogen-bond donors (Lipinski definition) is 0. The number of piperazine rings is 1. The zero-order chi connectivity index (χ0) is 22.9. The minimum absolute atomic E-state index is 0.0584. The van der Waals surface area contributed by atoms with E-state index in [1.807, 2.05) is 20.8 Å². The van der Waals surface area contributed by atoms with Crippen molar-refractivity contribution >= 4 is 15.9 Å². The van der Waals surface area contributed by atoms with E-state index < -0.39 is 10.0 Å². The van der Waals surface area contributed by atoms with Crippen molar-refractivity contribution in [3.63, 3.8) is 0 Å². The Morgan fingerprint density at radius 1 is 1.06 bits per heavy atom. The molecular formula is C21H28N4O6S. The van der Waals surface area contributed by atoms with Gasteiger partial charge in [0, 0.05) is 50.5 Å². The van der Waals surface area contributed by atoms with Crippen LogP contribution in [-0.4, -0.2) is 73.1 Å². The standard InChI is InChI=1S/C21H28N4O6S/c1-21(2,3)20-22-18(31-23-20)6-7-19(26)24-8-10-25(11-9-24)32(27,28)15-4-5-16-17(14-15)30-13-12-29-16/h4-5,14H,6-13H2,1-3H3. The maximum Gasteiger partial charge on any atom is 0.243 e. The van der Waals surface area contributed by atoms with Gasteiger partial charge in [-0.05, 0) is 12.1 Å². The van der Waals surface area contributed by atoms with Gasteiger partial charge in [0.2, 0.25) is 21.8 Å². The fourth-order valence-electron chi connectivity index (χ4n) is 3.54. The first-order chi connectivity index (χ1) is 15.1. The molecule has 1 amide bonds. The molecule has 4 rings (SSSR count). The number of amides is 1. The summed E-state index contributed by atoms with van der Waals surface area (Å²) in [4.78, 5) is 18.8. The fourth-order valence-corrected chi connectivity index (χ4v) is 4.98. The van der Waals surface area contributed by atoms with Gasteiger partial charge in [-0.3, -0.25) is 4.79 Å². The van der Waals surface area contributed by atoms with Crippen molar-refractivity contribution in [3.8, 4) is 11.5 Å².